The smallest absolute Gasteiger partial charge is 0.410 e. The zero-order valence-electron chi connectivity index (χ0n) is 19.4. The number of fused-ring (bicyclic) bond motifs is 2. The van der Waals surface area contributed by atoms with E-state index in [2.05, 4.69) is 32.9 Å². The lowest BCUT2D eigenvalue weighted by Crippen LogP contribution is -2.38. The maximum absolute atomic E-state index is 12.6. The van der Waals surface area contributed by atoms with Crippen LogP contribution in [-0.4, -0.2) is 38.5 Å². The maximum atomic E-state index is 12.6. The van der Waals surface area contributed by atoms with E-state index >= 15 is 0 Å². The zero-order chi connectivity index (χ0) is 23.8. The number of hydrogen-bond donors (Lipinski definition) is 2. The summed E-state index contributed by atoms with van der Waals surface area (Å²) < 4.78 is 7.62. The molecule has 2 aliphatic heterocycles. The Morgan fingerprint density at radius 3 is 2.66 bits per heavy atom. The number of aromatic nitrogens is 3. The molecular weight excluding hydrogens is 440 g/mol. The lowest BCUT2D eigenvalue weighted by Gasteiger charge is -2.30. The van der Waals surface area contributed by atoms with E-state index in [4.69, 9.17) is 15.5 Å². The van der Waals surface area contributed by atoms with Crippen molar-refractivity contribution in [3.8, 4) is 0 Å². The van der Waals surface area contributed by atoms with Crippen LogP contribution in [0.4, 0.5) is 16.3 Å². The normalized spacial score (nSPS) is 17.8. The number of para-hydroxylation sites is 1. The molecule has 8 nitrogen and oxygen atoms in total. The molecular formula is C27H28N6O2. The van der Waals surface area contributed by atoms with Crippen LogP contribution in [-0.2, 0) is 17.8 Å². The Bertz CT molecular complexity index is 1340. The highest BCUT2D eigenvalue weighted by Crippen LogP contribution is 2.38. The number of carbonyl (C=O) groups excluding carboxylic acids is 1. The van der Waals surface area contributed by atoms with Crippen LogP contribution in [0, 0.1) is 0 Å². The highest BCUT2D eigenvalue weighted by Gasteiger charge is 2.32. The molecule has 1 amide bonds. The molecule has 2 aromatic heterocycles. The van der Waals surface area contributed by atoms with Crippen molar-refractivity contribution in [2.75, 3.05) is 24.1 Å². The van der Waals surface area contributed by atoms with Gasteiger partial charge in [0, 0.05) is 43.5 Å². The Kier molecular flexibility index (Phi) is 5.48. The van der Waals surface area contributed by atoms with Crippen molar-refractivity contribution < 1.29 is 9.53 Å². The molecule has 4 aromatic rings. The van der Waals surface area contributed by atoms with Crippen molar-refractivity contribution in [3.05, 3.63) is 89.6 Å². The summed E-state index contributed by atoms with van der Waals surface area (Å²) in [5.74, 6) is 1.69. The van der Waals surface area contributed by atoms with Gasteiger partial charge < -0.3 is 20.7 Å². The van der Waals surface area contributed by atoms with Crippen molar-refractivity contribution in [1.82, 2.24) is 19.3 Å². The summed E-state index contributed by atoms with van der Waals surface area (Å²) in [5.41, 5.74) is 11.6. The lowest BCUT2D eigenvalue weighted by atomic mass is 9.96. The number of rotatable bonds is 4. The molecule has 1 unspecified atom stereocenters. The molecule has 0 saturated carbocycles. The first-order valence-electron chi connectivity index (χ1n) is 12.1. The molecule has 0 aliphatic carbocycles. The van der Waals surface area contributed by atoms with Gasteiger partial charge in [-0.25, -0.2) is 14.8 Å². The van der Waals surface area contributed by atoms with E-state index in [1.807, 2.05) is 42.6 Å². The highest BCUT2D eigenvalue weighted by molar-refractivity contribution is 5.72. The van der Waals surface area contributed by atoms with E-state index in [0.717, 1.165) is 47.5 Å². The van der Waals surface area contributed by atoms with E-state index in [0.29, 0.717) is 18.9 Å². The van der Waals surface area contributed by atoms with Gasteiger partial charge in [-0.15, -0.1) is 0 Å². The molecule has 0 spiro atoms. The molecule has 8 heteroatoms. The Hall–Kier alpha value is -4.07. The number of ether oxygens (including phenoxy) is 1. The van der Waals surface area contributed by atoms with Crippen molar-refractivity contribution in [2.24, 2.45) is 0 Å². The van der Waals surface area contributed by atoms with Gasteiger partial charge in [0.2, 0.25) is 0 Å². The minimum Gasteiger partial charge on any atom is -0.445 e. The van der Waals surface area contributed by atoms with Crippen LogP contribution in [0.15, 0.2) is 67.0 Å². The number of piperidine rings is 1. The minimum atomic E-state index is -0.262. The second kappa shape index (κ2) is 8.94. The highest BCUT2D eigenvalue weighted by atomic mass is 16.6. The molecule has 2 aliphatic rings. The standard InChI is InChI=1S/C27H28N6O2/c28-25-24-23(22-16-20-8-4-5-9-21(20)30-22)31-26(33(24)15-12-29-25)19-10-13-32(14-11-19)27(34)35-17-18-6-2-1-3-7-18/h1-9,12,15,19,22,30H,10-11,13-14,16-17H2,(H2,28,29). The summed E-state index contributed by atoms with van der Waals surface area (Å²) >= 11 is 0. The largest absolute Gasteiger partial charge is 0.445 e. The van der Waals surface area contributed by atoms with Crippen LogP contribution in [0.1, 0.15) is 47.4 Å². The molecule has 1 atom stereocenters. The number of likely N-dealkylation sites (tertiary alicyclic amines) is 1. The summed E-state index contributed by atoms with van der Waals surface area (Å²) in [6, 6.07) is 18.2. The van der Waals surface area contributed by atoms with Gasteiger partial charge in [0.25, 0.3) is 0 Å². The number of nitrogens with one attached hydrogen (secondary N) is 1. The fraction of sp³-hybridized carbons (Fsp3) is 0.296. The van der Waals surface area contributed by atoms with Crippen LogP contribution in [0.5, 0.6) is 0 Å². The van der Waals surface area contributed by atoms with Crippen LogP contribution >= 0.6 is 0 Å². The Labute approximate surface area is 203 Å². The van der Waals surface area contributed by atoms with Gasteiger partial charge in [0.1, 0.15) is 23.8 Å². The molecule has 35 heavy (non-hydrogen) atoms. The van der Waals surface area contributed by atoms with Crippen molar-refractivity contribution in [1.29, 1.82) is 0 Å². The minimum absolute atomic E-state index is 0.0516. The Morgan fingerprint density at radius 2 is 1.86 bits per heavy atom. The SMILES string of the molecule is Nc1nccn2c(C3CCN(C(=O)OCc4ccccc4)CC3)nc(C3Cc4ccccc4N3)c12. The van der Waals surface area contributed by atoms with E-state index in [-0.39, 0.29) is 24.7 Å². The van der Waals surface area contributed by atoms with Gasteiger partial charge in [-0.3, -0.25) is 4.40 Å². The third-order valence-corrected chi connectivity index (χ3v) is 7.06. The maximum Gasteiger partial charge on any atom is 0.410 e. The van der Waals surface area contributed by atoms with Crippen LogP contribution in [0.25, 0.3) is 5.52 Å². The first kappa shape index (κ1) is 21.5. The molecule has 3 N–H and O–H groups in total. The fourth-order valence-electron chi connectivity index (χ4n) is 5.24. The molecule has 178 valence electrons. The molecule has 1 saturated heterocycles. The van der Waals surface area contributed by atoms with E-state index in [1.165, 1.54) is 5.56 Å². The number of carbonyl (C=O) groups is 1. The summed E-state index contributed by atoms with van der Waals surface area (Å²) in [7, 11) is 0. The van der Waals surface area contributed by atoms with Crippen LogP contribution in [0.2, 0.25) is 0 Å². The Morgan fingerprint density at radius 1 is 1.09 bits per heavy atom. The van der Waals surface area contributed by atoms with Crippen molar-refractivity contribution in [3.63, 3.8) is 0 Å². The number of benzene rings is 2. The van der Waals surface area contributed by atoms with E-state index < -0.39 is 0 Å². The lowest BCUT2D eigenvalue weighted by molar-refractivity contribution is 0.0866. The molecule has 2 aromatic carbocycles. The molecule has 1 fully saturated rings. The Balaban J connectivity index is 1.18. The number of nitrogen functional groups attached to an aromatic ring is 1. The summed E-state index contributed by atoms with van der Waals surface area (Å²) in [4.78, 5) is 23.9. The first-order valence-corrected chi connectivity index (χ1v) is 12.1. The number of nitrogens with two attached hydrogens (primary N) is 1. The monoisotopic (exact) mass is 468 g/mol. The van der Waals surface area contributed by atoms with Crippen LogP contribution in [0.3, 0.4) is 0 Å². The number of nitrogens with zero attached hydrogens (tertiary/aromatic N) is 4. The number of amides is 1. The topological polar surface area (TPSA) is 97.8 Å². The third-order valence-electron chi connectivity index (χ3n) is 7.06. The van der Waals surface area contributed by atoms with Crippen LogP contribution < -0.4 is 11.1 Å². The quantitative estimate of drug-likeness (QED) is 0.456. The fourth-order valence-corrected chi connectivity index (χ4v) is 5.24. The second-order valence-electron chi connectivity index (χ2n) is 9.25. The zero-order valence-corrected chi connectivity index (χ0v) is 19.4. The van der Waals surface area contributed by atoms with E-state index in [1.54, 1.807) is 11.1 Å². The third kappa shape index (κ3) is 4.05. The van der Waals surface area contributed by atoms with Gasteiger partial charge >= 0.3 is 6.09 Å². The van der Waals surface area contributed by atoms with Gasteiger partial charge in [-0.2, -0.15) is 0 Å². The van der Waals surface area contributed by atoms with Crippen molar-refractivity contribution in [2.45, 2.75) is 37.8 Å². The summed E-state index contributed by atoms with van der Waals surface area (Å²) in [5, 5.41) is 3.61. The summed E-state index contributed by atoms with van der Waals surface area (Å²) in [6.45, 7) is 1.56. The summed E-state index contributed by atoms with van der Waals surface area (Å²) in [6.07, 6.45) is 5.91. The van der Waals surface area contributed by atoms with Gasteiger partial charge in [-0.1, -0.05) is 48.5 Å². The average Bonchev–Trinajstić information content (AvgIpc) is 3.50. The van der Waals surface area contributed by atoms with Gasteiger partial charge in [0.15, 0.2) is 0 Å². The number of imidazole rings is 1. The average molecular weight is 469 g/mol. The second-order valence-corrected chi connectivity index (χ2v) is 9.25. The molecule has 0 radical (unpaired) electrons. The van der Waals surface area contributed by atoms with Crippen molar-refractivity contribution >= 4 is 23.1 Å². The number of anilines is 2. The molecule has 0 bridgehead atoms. The number of hydrogen-bond acceptors (Lipinski definition) is 6. The predicted octanol–water partition coefficient (Wildman–Crippen LogP) is 4.54. The van der Waals surface area contributed by atoms with Gasteiger partial charge in [0.05, 0.1) is 11.7 Å². The first-order chi connectivity index (χ1) is 17.2. The molecule has 4 heterocycles. The molecule has 6 rings (SSSR count). The predicted molar refractivity (Wildman–Crippen MR) is 134 cm³/mol. The van der Waals surface area contributed by atoms with E-state index in [9.17, 15) is 4.79 Å². The van der Waals surface area contributed by atoms with Gasteiger partial charge in [-0.05, 0) is 30.0 Å².